The molecule has 2 unspecified atom stereocenters. The third-order valence-electron chi connectivity index (χ3n) is 3.29. The van der Waals surface area contributed by atoms with Gasteiger partial charge in [-0.2, -0.15) is 0 Å². The summed E-state index contributed by atoms with van der Waals surface area (Å²) in [5, 5.41) is 0. The molecular formula is C11H21N. The molecule has 2 aliphatic rings. The number of hydrogen-bond acceptors (Lipinski definition) is 1. The average molecular weight is 167 g/mol. The SMILES string of the molecule is CC(C)(C)CCN1CCC2CC21. The van der Waals surface area contributed by atoms with Crippen LogP contribution in [0.4, 0.5) is 0 Å². The Hall–Kier alpha value is -0.0400. The second-order valence-electron chi connectivity index (χ2n) is 5.70. The zero-order valence-corrected chi connectivity index (χ0v) is 8.64. The van der Waals surface area contributed by atoms with Gasteiger partial charge in [-0.3, -0.25) is 0 Å². The first-order valence-corrected chi connectivity index (χ1v) is 5.30. The zero-order valence-electron chi connectivity index (χ0n) is 8.64. The molecule has 0 bridgehead atoms. The number of likely N-dealkylation sites (tertiary alicyclic amines) is 1. The largest absolute Gasteiger partial charge is 0.300 e. The van der Waals surface area contributed by atoms with Gasteiger partial charge in [0, 0.05) is 6.04 Å². The van der Waals surface area contributed by atoms with Crippen LogP contribution in [-0.4, -0.2) is 24.0 Å². The maximum Gasteiger partial charge on any atom is 0.0128 e. The molecule has 0 aromatic rings. The minimum Gasteiger partial charge on any atom is -0.300 e. The first-order valence-electron chi connectivity index (χ1n) is 5.30. The van der Waals surface area contributed by atoms with Gasteiger partial charge in [-0.05, 0) is 43.7 Å². The van der Waals surface area contributed by atoms with E-state index in [0.29, 0.717) is 5.41 Å². The van der Waals surface area contributed by atoms with Gasteiger partial charge in [0.15, 0.2) is 0 Å². The van der Waals surface area contributed by atoms with Crippen LogP contribution in [0.2, 0.25) is 0 Å². The number of rotatable bonds is 2. The minimum atomic E-state index is 0.521. The van der Waals surface area contributed by atoms with Crippen LogP contribution in [0.15, 0.2) is 0 Å². The summed E-state index contributed by atoms with van der Waals surface area (Å²) in [6, 6.07) is 1.01. The molecule has 1 aliphatic carbocycles. The molecule has 70 valence electrons. The van der Waals surface area contributed by atoms with Gasteiger partial charge in [-0.1, -0.05) is 20.8 Å². The van der Waals surface area contributed by atoms with Crippen molar-refractivity contribution < 1.29 is 0 Å². The van der Waals surface area contributed by atoms with Crippen molar-refractivity contribution in [2.24, 2.45) is 11.3 Å². The predicted octanol–water partition coefficient (Wildman–Crippen LogP) is 2.52. The molecule has 1 nitrogen and oxygen atoms in total. The van der Waals surface area contributed by atoms with E-state index in [-0.39, 0.29) is 0 Å². The molecule has 2 atom stereocenters. The van der Waals surface area contributed by atoms with Crippen molar-refractivity contribution in [3.05, 3.63) is 0 Å². The Morgan fingerprint density at radius 1 is 1.33 bits per heavy atom. The molecule has 1 saturated heterocycles. The van der Waals surface area contributed by atoms with Gasteiger partial charge in [-0.25, -0.2) is 0 Å². The Labute approximate surface area is 76.1 Å². The van der Waals surface area contributed by atoms with Crippen molar-refractivity contribution >= 4 is 0 Å². The fraction of sp³-hybridized carbons (Fsp3) is 1.00. The van der Waals surface area contributed by atoms with E-state index in [1.54, 1.807) is 0 Å². The fourth-order valence-electron chi connectivity index (χ4n) is 2.24. The van der Waals surface area contributed by atoms with Gasteiger partial charge < -0.3 is 4.90 Å². The highest BCUT2D eigenvalue weighted by Crippen LogP contribution is 2.44. The lowest BCUT2D eigenvalue weighted by Gasteiger charge is -2.24. The Balaban J connectivity index is 1.73. The molecule has 0 radical (unpaired) electrons. The summed E-state index contributed by atoms with van der Waals surface area (Å²) in [7, 11) is 0. The normalized spacial score (nSPS) is 35.2. The summed E-state index contributed by atoms with van der Waals surface area (Å²) < 4.78 is 0. The van der Waals surface area contributed by atoms with E-state index in [4.69, 9.17) is 0 Å². The van der Waals surface area contributed by atoms with Crippen LogP contribution in [0.1, 0.15) is 40.0 Å². The topological polar surface area (TPSA) is 3.24 Å². The number of hydrogen-bond donors (Lipinski definition) is 0. The van der Waals surface area contributed by atoms with Gasteiger partial charge in [0.25, 0.3) is 0 Å². The molecule has 2 rings (SSSR count). The second-order valence-corrected chi connectivity index (χ2v) is 5.70. The quantitative estimate of drug-likeness (QED) is 0.611. The summed E-state index contributed by atoms with van der Waals surface area (Å²) in [5.74, 6) is 1.10. The third-order valence-corrected chi connectivity index (χ3v) is 3.29. The Kier molecular flexibility index (Phi) is 1.95. The third kappa shape index (κ3) is 1.82. The molecule has 0 spiro atoms. The number of nitrogens with zero attached hydrogens (tertiary/aromatic N) is 1. The highest BCUT2D eigenvalue weighted by Gasteiger charge is 2.46. The van der Waals surface area contributed by atoms with Gasteiger partial charge in [-0.15, -0.1) is 0 Å². The molecule has 1 saturated carbocycles. The molecule has 1 aliphatic heterocycles. The van der Waals surface area contributed by atoms with Gasteiger partial charge in [0.2, 0.25) is 0 Å². The Morgan fingerprint density at radius 2 is 2.08 bits per heavy atom. The van der Waals surface area contributed by atoms with Gasteiger partial charge in [0.05, 0.1) is 0 Å². The fourth-order valence-corrected chi connectivity index (χ4v) is 2.24. The lowest BCUT2D eigenvalue weighted by molar-refractivity contribution is 0.243. The number of piperidine rings is 1. The summed E-state index contributed by atoms with van der Waals surface area (Å²) in [6.45, 7) is 9.74. The van der Waals surface area contributed by atoms with E-state index >= 15 is 0 Å². The van der Waals surface area contributed by atoms with Crippen molar-refractivity contribution in [2.75, 3.05) is 13.1 Å². The van der Waals surface area contributed by atoms with Crippen LogP contribution in [0.3, 0.4) is 0 Å². The summed E-state index contributed by atoms with van der Waals surface area (Å²) >= 11 is 0. The first-order chi connectivity index (χ1) is 5.56. The molecule has 0 aromatic carbocycles. The van der Waals surface area contributed by atoms with Crippen molar-refractivity contribution in [1.29, 1.82) is 0 Å². The van der Waals surface area contributed by atoms with Crippen LogP contribution >= 0.6 is 0 Å². The molecule has 2 fully saturated rings. The van der Waals surface area contributed by atoms with Crippen LogP contribution in [0, 0.1) is 11.3 Å². The predicted molar refractivity (Wildman–Crippen MR) is 52.2 cm³/mol. The maximum atomic E-state index is 2.70. The summed E-state index contributed by atoms with van der Waals surface area (Å²) in [5.41, 5.74) is 0.521. The Bertz CT molecular complexity index is 168. The summed E-state index contributed by atoms with van der Waals surface area (Å²) in [6.07, 6.45) is 4.34. The van der Waals surface area contributed by atoms with E-state index in [1.165, 1.54) is 32.4 Å². The molecular weight excluding hydrogens is 146 g/mol. The lowest BCUT2D eigenvalue weighted by atomic mass is 9.92. The van der Waals surface area contributed by atoms with Crippen LogP contribution in [-0.2, 0) is 0 Å². The van der Waals surface area contributed by atoms with Gasteiger partial charge in [0.1, 0.15) is 0 Å². The molecule has 0 amide bonds. The molecule has 1 heterocycles. The van der Waals surface area contributed by atoms with Crippen molar-refractivity contribution in [3.63, 3.8) is 0 Å². The standard InChI is InChI=1S/C11H21N/c1-11(2,3)5-7-12-6-4-9-8-10(9)12/h9-10H,4-8H2,1-3H3. The smallest absolute Gasteiger partial charge is 0.0128 e. The van der Waals surface area contributed by atoms with Crippen LogP contribution in [0.25, 0.3) is 0 Å². The molecule has 0 aromatic heterocycles. The second kappa shape index (κ2) is 2.73. The van der Waals surface area contributed by atoms with Crippen LogP contribution < -0.4 is 0 Å². The van der Waals surface area contributed by atoms with Gasteiger partial charge >= 0.3 is 0 Å². The Morgan fingerprint density at radius 3 is 2.50 bits per heavy atom. The highest BCUT2D eigenvalue weighted by atomic mass is 15.2. The monoisotopic (exact) mass is 167 g/mol. The maximum absolute atomic E-state index is 2.70. The van der Waals surface area contributed by atoms with E-state index < -0.39 is 0 Å². The average Bonchev–Trinajstić information content (AvgIpc) is 2.60. The minimum absolute atomic E-state index is 0.521. The van der Waals surface area contributed by atoms with E-state index in [1.807, 2.05) is 0 Å². The van der Waals surface area contributed by atoms with Crippen molar-refractivity contribution in [2.45, 2.75) is 46.1 Å². The van der Waals surface area contributed by atoms with E-state index in [2.05, 4.69) is 25.7 Å². The van der Waals surface area contributed by atoms with Crippen molar-refractivity contribution in [1.82, 2.24) is 4.90 Å². The summed E-state index contributed by atoms with van der Waals surface area (Å²) in [4.78, 5) is 2.70. The zero-order chi connectivity index (χ0) is 8.77. The number of fused-ring (bicyclic) bond motifs is 1. The molecule has 12 heavy (non-hydrogen) atoms. The van der Waals surface area contributed by atoms with E-state index in [9.17, 15) is 0 Å². The van der Waals surface area contributed by atoms with Crippen LogP contribution in [0.5, 0.6) is 0 Å². The van der Waals surface area contributed by atoms with E-state index in [0.717, 1.165) is 12.0 Å². The lowest BCUT2D eigenvalue weighted by Crippen LogP contribution is -2.27. The van der Waals surface area contributed by atoms with Crippen molar-refractivity contribution in [3.8, 4) is 0 Å². The molecule has 0 N–H and O–H groups in total. The first kappa shape index (κ1) is 8.55. The molecule has 1 heteroatoms. The highest BCUT2D eigenvalue weighted by molar-refractivity contribution is 5.00.